The Morgan fingerprint density at radius 2 is 1.74 bits per heavy atom. The molecule has 0 radical (unpaired) electrons. The lowest BCUT2D eigenvalue weighted by Crippen LogP contribution is -2.19. The highest BCUT2D eigenvalue weighted by atomic mass is 16.5. The van der Waals surface area contributed by atoms with Crippen LogP contribution in [-0.4, -0.2) is 27.3 Å². The van der Waals surface area contributed by atoms with Crippen molar-refractivity contribution in [1.82, 2.24) is 5.32 Å². The van der Waals surface area contributed by atoms with E-state index in [0.717, 1.165) is 31.0 Å². The molecule has 1 N–H and O–H groups in total. The van der Waals surface area contributed by atoms with E-state index in [1.165, 1.54) is 16.7 Å². The average Bonchev–Trinajstić information content (AvgIpc) is 2.59. The summed E-state index contributed by atoms with van der Waals surface area (Å²) in [6, 6.07) is 16.5. The number of rotatable bonds is 8. The lowest BCUT2D eigenvalue weighted by molar-refractivity contribution is 0.354. The Balaban J connectivity index is 1.80. The van der Waals surface area contributed by atoms with Crippen molar-refractivity contribution in [2.45, 2.75) is 13.3 Å². The van der Waals surface area contributed by atoms with Gasteiger partial charge in [0, 0.05) is 6.54 Å². The minimum Gasteiger partial charge on any atom is -0.493 e. The summed E-state index contributed by atoms with van der Waals surface area (Å²) in [5.41, 5.74) is 3.80. The fraction of sp³-hybridized carbons (Fsp3) is 0.300. The van der Waals surface area contributed by atoms with E-state index < -0.39 is 0 Å². The van der Waals surface area contributed by atoms with E-state index in [4.69, 9.17) is 9.47 Å². The van der Waals surface area contributed by atoms with Crippen LogP contribution < -0.4 is 14.8 Å². The first-order valence-electron chi connectivity index (χ1n) is 7.87. The molecule has 3 nitrogen and oxygen atoms in total. The van der Waals surface area contributed by atoms with Gasteiger partial charge in [-0.1, -0.05) is 48.0 Å². The van der Waals surface area contributed by atoms with Gasteiger partial charge < -0.3 is 14.8 Å². The SMILES string of the molecule is COc1ccc(CCNC/C(C)=C/c2ccccc2)cc1OC. The zero-order valence-electron chi connectivity index (χ0n) is 14.1. The van der Waals surface area contributed by atoms with E-state index >= 15 is 0 Å². The molecule has 0 saturated heterocycles. The predicted octanol–water partition coefficient (Wildman–Crippen LogP) is 3.94. The van der Waals surface area contributed by atoms with Gasteiger partial charge in [0.1, 0.15) is 0 Å². The summed E-state index contributed by atoms with van der Waals surface area (Å²) in [7, 11) is 3.32. The van der Waals surface area contributed by atoms with Crippen LogP contribution in [0.3, 0.4) is 0 Å². The second kappa shape index (κ2) is 9.01. The van der Waals surface area contributed by atoms with E-state index in [9.17, 15) is 0 Å². The quantitative estimate of drug-likeness (QED) is 0.749. The molecule has 3 heteroatoms. The molecule has 2 rings (SSSR count). The first kappa shape index (κ1) is 17.1. The Morgan fingerprint density at radius 1 is 1.00 bits per heavy atom. The third kappa shape index (κ3) is 5.46. The first-order chi connectivity index (χ1) is 11.2. The Hall–Kier alpha value is -2.26. The third-order valence-electron chi connectivity index (χ3n) is 3.65. The summed E-state index contributed by atoms with van der Waals surface area (Å²) in [6.45, 7) is 3.97. The van der Waals surface area contributed by atoms with Crippen molar-refractivity contribution in [2.24, 2.45) is 0 Å². The van der Waals surface area contributed by atoms with E-state index in [-0.39, 0.29) is 0 Å². The minimum absolute atomic E-state index is 0.769. The van der Waals surface area contributed by atoms with Gasteiger partial charge in [-0.05, 0) is 43.1 Å². The Morgan fingerprint density at radius 3 is 2.43 bits per heavy atom. The summed E-state index contributed by atoms with van der Waals surface area (Å²) >= 11 is 0. The van der Waals surface area contributed by atoms with Crippen LogP contribution in [0.4, 0.5) is 0 Å². The zero-order chi connectivity index (χ0) is 16.5. The molecule has 0 saturated carbocycles. The highest BCUT2D eigenvalue weighted by Gasteiger charge is 2.04. The van der Waals surface area contributed by atoms with Crippen LogP contribution >= 0.6 is 0 Å². The molecular weight excluding hydrogens is 286 g/mol. The molecule has 0 aliphatic carbocycles. The molecule has 0 aliphatic heterocycles. The second-order valence-electron chi connectivity index (χ2n) is 5.52. The molecule has 0 aromatic heterocycles. The van der Waals surface area contributed by atoms with E-state index in [1.807, 2.05) is 18.2 Å². The normalized spacial score (nSPS) is 11.3. The van der Waals surface area contributed by atoms with Gasteiger partial charge in [-0.15, -0.1) is 0 Å². The van der Waals surface area contributed by atoms with Gasteiger partial charge in [0.2, 0.25) is 0 Å². The summed E-state index contributed by atoms with van der Waals surface area (Å²) in [5, 5.41) is 3.48. The Bertz CT molecular complexity index is 635. The van der Waals surface area contributed by atoms with E-state index in [0.29, 0.717) is 0 Å². The first-order valence-corrected chi connectivity index (χ1v) is 7.87. The maximum Gasteiger partial charge on any atom is 0.160 e. The van der Waals surface area contributed by atoms with Crippen molar-refractivity contribution >= 4 is 6.08 Å². The number of hydrogen-bond donors (Lipinski definition) is 1. The maximum absolute atomic E-state index is 5.33. The van der Waals surface area contributed by atoms with Crippen molar-refractivity contribution in [3.63, 3.8) is 0 Å². The number of methoxy groups -OCH3 is 2. The van der Waals surface area contributed by atoms with Gasteiger partial charge in [0.15, 0.2) is 11.5 Å². The Kier molecular flexibility index (Phi) is 6.70. The average molecular weight is 311 g/mol. The Labute approximate surface area is 138 Å². The van der Waals surface area contributed by atoms with Gasteiger partial charge in [0.05, 0.1) is 14.2 Å². The molecule has 0 amide bonds. The zero-order valence-corrected chi connectivity index (χ0v) is 14.1. The van der Waals surface area contributed by atoms with Gasteiger partial charge in [-0.3, -0.25) is 0 Å². The molecule has 0 heterocycles. The lowest BCUT2D eigenvalue weighted by atomic mass is 10.1. The third-order valence-corrected chi connectivity index (χ3v) is 3.65. The molecule has 0 fully saturated rings. The van der Waals surface area contributed by atoms with Crippen molar-refractivity contribution in [3.05, 3.63) is 65.2 Å². The summed E-state index contributed by atoms with van der Waals surface area (Å²) in [6.07, 6.45) is 3.17. The van der Waals surface area contributed by atoms with Crippen LogP contribution in [0.25, 0.3) is 6.08 Å². The molecule has 23 heavy (non-hydrogen) atoms. The fourth-order valence-electron chi connectivity index (χ4n) is 2.44. The molecule has 2 aromatic rings. The predicted molar refractivity (Wildman–Crippen MR) is 96.2 cm³/mol. The molecule has 0 aliphatic rings. The van der Waals surface area contributed by atoms with Crippen molar-refractivity contribution in [3.8, 4) is 11.5 Å². The topological polar surface area (TPSA) is 30.5 Å². The lowest BCUT2D eigenvalue weighted by Gasteiger charge is -2.10. The molecule has 122 valence electrons. The standard InChI is InChI=1S/C20H25NO2/c1-16(13-17-7-5-4-6-8-17)15-21-12-11-18-9-10-19(22-2)20(14-18)23-3/h4-10,13-14,21H,11-12,15H2,1-3H3/b16-13+. The number of ether oxygens (including phenoxy) is 2. The van der Waals surface area contributed by atoms with Gasteiger partial charge in [0.25, 0.3) is 0 Å². The van der Waals surface area contributed by atoms with Crippen LogP contribution in [0, 0.1) is 0 Å². The maximum atomic E-state index is 5.33. The molecule has 0 atom stereocenters. The number of hydrogen-bond acceptors (Lipinski definition) is 3. The van der Waals surface area contributed by atoms with Gasteiger partial charge in [-0.25, -0.2) is 0 Å². The van der Waals surface area contributed by atoms with Gasteiger partial charge in [-0.2, -0.15) is 0 Å². The molecule has 2 aromatic carbocycles. The highest BCUT2D eigenvalue weighted by molar-refractivity contribution is 5.52. The fourth-order valence-corrected chi connectivity index (χ4v) is 2.44. The van der Waals surface area contributed by atoms with E-state index in [1.54, 1.807) is 14.2 Å². The molecular formula is C20H25NO2. The highest BCUT2D eigenvalue weighted by Crippen LogP contribution is 2.27. The monoisotopic (exact) mass is 311 g/mol. The van der Waals surface area contributed by atoms with Crippen LogP contribution in [0.2, 0.25) is 0 Å². The number of nitrogens with one attached hydrogen (secondary N) is 1. The van der Waals surface area contributed by atoms with Crippen molar-refractivity contribution < 1.29 is 9.47 Å². The molecule has 0 spiro atoms. The summed E-state index contributed by atoms with van der Waals surface area (Å²) < 4.78 is 10.6. The van der Waals surface area contributed by atoms with Crippen molar-refractivity contribution in [1.29, 1.82) is 0 Å². The smallest absolute Gasteiger partial charge is 0.160 e. The number of benzene rings is 2. The molecule has 0 unspecified atom stereocenters. The summed E-state index contributed by atoms with van der Waals surface area (Å²) in [5.74, 6) is 1.55. The second-order valence-corrected chi connectivity index (χ2v) is 5.52. The largest absolute Gasteiger partial charge is 0.493 e. The summed E-state index contributed by atoms with van der Waals surface area (Å²) in [4.78, 5) is 0. The van der Waals surface area contributed by atoms with Crippen LogP contribution in [0.5, 0.6) is 11.5 Å². The van der Waals surface area contributed by atoms with Crippen molar-refractivity contribution in [2.75, 3.05) is 27.3 Å². The van der Waals surface area contributed by atoms with Crippen LogP contribution in [0.1, 0.15) is 18.1 Å². The minimum atomic E-state index is 0.769. The molecule has 0 bridgehead atoms. The van der Waals surface area contributed by atoms with Gasteiger partial charge >= 0.3 is 0 Å². The van der Waals surface area contributed by atoms with Crippen LogP contribution in [-0.2, 0) is 6.42 Å². The van der Waals surface area contributed by atoms with Crippen LogP contribution in [0.15, 0.2) is 54.1 Å². The van der Waals surface area contributed by atoms with E-state index in [2.05, 4.69) is 48.6 Å².